The fourth-order valence-corrected chi connectivity index (χ4v) is 4.30. The number of hydrogen-bond acceptors (Lipinski definition) is 4. The molecule has 31 heavy (non-hydrogen) atoms. The van der Waals surface area contributed by atoms with Gasteiger partial charge in [-0.05, 0) is 42.7 Å². The highest BCUT2D eigenvalue weighted by Gasteiger charge is 2.36. The molecule has 2 heterocycles. The van der Waals surface area contributed by atoms with Crippen LogP contribution in [0.25, 0.3) is 5.69 Å². The maximum Gasteiger partial charge on any atom is 0.276 e. The molecule has 1 saturated heterocycles. The first kappa shape index (κ1) is 20.2. The second kappa shape index (κ2) is 8.40. The summed E-state index contributed by atoms with van der Waals surface area (Å²) < 4.78 is 15.1. The molecule has 1 saturated carbocycles. The van der Waals surface area contributed by atoms with E-state index >= 15 is 0 Å². The van der Waals surface area contributed by atoms with Crippen LogP contribution in [0.4, 0.5) is 4.39 Å². The molecule has 5 rings (SSSR count). The summed E-state index contributed by atoms with van der Waals surface area (Å²) in [4.78, 5) is 17.4. The van der Waals surface area contributed by atoms with E-state index in [-0.39, 0.29) is 11.7 Å². The molecule has 2 fully saturated rings. The molecule has 1 aliphatic carbocycles. The van der Waals surface area contributed by atoms with Crippen LogP contribution in [0.5, 0.6) is 0 Å². The Hall–Kier alpha value is -2.77. The minimum atomic E-state index is -0.334. The molecule has 6 nitrogen and oxygen atoms in total. The van der Waals surface area contributed by atoms with Crippen LogP contribution in [0.15, 0.2) is 48.5 Å². The second-order valence-electron chi connectivity index (χ2n) is 8.15. The van der Waals surface area contributed by atoms with Gasteiger partial charge in [-0.15, -0.1) is 5.10 Å². The molecule has 1 aromatic heterocycles. The number of aromatic nitrogens is 3. The topological polar surface area (TPSA) is 54.3 Å². The number of carbonyl (C=O) groups is 1. The normalized spacial score (nSPS) is 17.2. The first-order valence-electron chi connectivity index (χ1n) is 10.6. The van der Waals surface area contributed by atoms with Crippen LogP contribution >= 0.6 is 11.6 Å². The van der Waals surface area contributed by atoms with Crippen LogP contribution in [0.2, 0.25) is 5.02 Å². The highest BCUT2D eigenvalue weighted by Crippen LogP contribution is 2.42. The molecule has 3 aromatic rings. The fourth-order valence-electron chi connectivity index (χ4n) is 4.07. The summed E-state index contributed by atoms with van der Waals surface area (Å²) in [6.07, 6.45) is 2.12. The molecular weight excluding hydrogens is 417 g/mol. The number of amides is 1. The van der Waals surface area contributed by atoms with Crippen molar-refractivity contribution in [3.8, 4) is 5.69 Å². The lowest BCUT2D eigenvalue weighted by Crippen LogP contribution is -2.48. The Bertz CT molecular complexity index is 1090. The third-order valence-electron chi connectivity index (χ3n) is 5.94. The van der Waals surface area contributed by atoms with Crippen molar-refractivity contribution in [3.05, 3.63) is 76.3 Å². The lowest BCUT2D eigenvalue weighted by atomic mass is 10.1. The van der Waals surface area contributed by atoms with Gasteiger partial charge in [0, 0.05) is 43.7 Å². The van der Waals surface area contributed by atoms with Crippen molar-refractivity contribution in [2.45, 2.75) is 25.3 Å². The summed E-state index contributed by atoms with van der Waals surface area (Å²) in [5, 5.41) is 9.04. The molecule has 1 amide bonds. The standard InChI is InChI=1S/C23H23ClFN5O/c24-20-14-18(25)9-8-17(20)15-28-10-12-29(13-11-28)23(31)21-22(16-6-7-16)30(27-26-21)19-4-2-1-3-5-19/h1-5,8-9,14,16H,6-7,10-13,15H2. The number of rotatable bonds is 5. The van der Waals surface area contributed by atoms with Crippen molar-refractivity contribution >= 4 is 17.5 Å². The number of para-hydroxylation sites is 1. The van der Waals surface area contributed by atoms with Crippen molar-refractivity contribution in [2.75, 3.05) is 26.2 Å². The van der Waals surface area contributed by atoms with E-state index in [0.29, 0.717) is 36.3 Å². The van der Waals surface area contributed by atoms with E-state index < -0.39 is 0 Å². The van der Waals surface area contributed by atoms with Gasteiger partial charge in [-0.1, -0.05) is 41.1 Å². The largest absolute Gasteiger partial charge is 0.335 e. The second-order valence-corrected chi connectivity index (χ2v) is 8.56. The molecule has 1 aliphatic heterocycles. The number of carbonyl (C=O) groups excluding carboxylic acids is 1. The summed E-state index contributed by atoms with van der Waals surface area (Å²) in [7, 11) is 0. The monoisotopic (exact) mass is 439 g/mol. The molecule has 160 valence electrons. The Morgan fingerprint density at radius 3 is 2.48 bits per heavy atom. The zero-order valence-electron chi connectivity index (χ0n) is 17.0. The molecule has 2 aromatic carbocycles. The lowest BCUT2D eigenvalue weighted by molar-refractivity contribution is 0.0621. The predicted octanol–water partition coefficient (Wildman–Crippen LogP) is 3.90. The van der Waals surface area contributed by atoms with Gasteiger partial charge in [0.15, 0.2) is 5.69 Å². The summed E-state index contributed by atoms with van der Waals surface area (Å²) in [6.45, 7) is 3.31. The molecule has 0 N–H and O–H groups in total. The van der Waals surface area contributed by atoms with Crippen LogP contribution in [-0.4, -0.2) is 56.9 Å². The maximum absolute atomic E-state index is 13.3. The predicted molar refractivity (Wildman–Crippen MR) is 116 cm³/mol. The van der Waals surface area contributed by atoms with Gasteiger partial charge in [-0.2, -0.15) is 0 Å². The minimum Gasteiger partial charge on any atom is -0.335 e. The van der Waals surface area contributed by atoms with Gasteiger partial charge < -0.3 is 4.90 Å². The van der Waals surface area contributed by atoms with Crippen LogP contribution in [-0.2, 0) is 6.54 Å². The average molecular weight is 440 g/mol. The van der Waals surface area contributed by atoms with Crippen LogP contribution in [0, 0.1) is 5.82 Å². The van der Waals surface area contributed by atoms with E-state index in [2.05, 4.69) is 15.2 Å². The highest BCUT2D eigenvalue weighted by atomic mass is 35.5. The fraction of sp³-hybridized carbons (Fsp3) is 0.348. The molecular formula is C23H23ClFN5O. The van der Waals surface area contributed by atoms with Crippen molar-refractivity contribution < 1.29 is 9.18 Å². The summed E-state index contributed by atoms with van der Waals surface area (Å²) in [6, 6.07) is 14.3. The molecule has 0 bridgehead atoms. The molecule has 0 radical (unpaired) electrons. The summed E-state index contributed by atoms with van der Waals surface area (Å²) in [5.74, 6) is -0.0428. The first-order valence-corrected chi connectivity index (χ1v) is 10.9. The molecule has 8 heteroatoms. The summed E-state index contributed by atoms with van der Waals surface area (Å²) >= 11 is 6.16. The van der Waals surface area contributed by atoms with Gasteiger partial charge in [0.25, 0.3) is 5.91 Å². The first-order chi connectivity index (χ1) is 15.1. The van der Waals surface area contributed by atoms with E-state index in [4.69, 9.17) is 11.6 Å². The van der Waals surface area contributed by atoms with Crippen LogP contribution in [0.3, 0.4) is 0 Å². The van der Waals surface area contributed by atoms with Gasteiger partial charge >= 0.3 is 0 Å². The van der Waals surface area contributed by atoms with Crippen LogP contribution in [0.1, 0.15) is 40.5 Å². The Labute approximate surface area is 185 Å². The van der Waals surface area contributed by atoms with Gasteiger partial charge in [0.05, 0.1) is 11.4 Å². The average Bonchev–Trinajstić information content (AvgIpc) is 3.54. The number of piperazine rings is 1. The van der Waals surface area contributed by atoms with Gasteiger partial charge in [-0.25, -0.2) is 9.07 Å². The number of hydrogen-bond donors (Lipinski definition) is 0. The van der Waals surface area contributed by atoms with E-state index in [9.17, 15) is 9.18 Å². The third kappa shape index (κ3) is 4.20. The Balaban J connectivity index is 1.28. The zero-order valence-corrected chi connectivity index (χ0v) is 17.8. The highest BCUT2D eigenvalue weighted by molar-refractivity contribution is 6.31. The quantitative estimate of drug-likeness (QED) is 0.605. The minimum absolute atomic E-state index is 0.0523. The molecule has 0 atom stereocenters. The smallest absolute Gasteiger partial charge is 0.276 e. The molecule has 2 aliphatic rings. The molecule has 0 unspecified atom stereocenters. The summed E-state index contributed by atoms with van der Waals surface area (Å²) in [5.41, 5.74) is 3.22. The van der Waals surface area contributed by atoms with Crippen LogP contribution < -0.4 is 0 Å². The third-order valence-corrected chi connectivity index (χ3v) is 6.29. The van der Waals surface area contributed by atoms with Gasteiger partial charge in [0.1, 0.15) is 5.82 Å². The van der Waals surface area contributed by atoms with Crippen molar-refractivity contribution in [1.29, 1.82) is 0 Å². The maximum atomic E-state index is 13.3. The van der Waals surface area contributed by atoms with E-state index in [0.717, 1.165) is 42.9 Å². The SMILES string of the molecule is O=C(c1nnn(-c2ccccc2)c1C1CC1)N1CCN(Cc2ccc(F)cc2Cl)CC1. The van der Waals surface area contributed by atoms with Crippen molar-refractivity contribution in [1.82, 2.24) is 24.8 Å². The van der Waals surface area contributed by atoms with E-state index in [1.165, 1.54) is 12.1 Å². The molecule has 0 spiro atoms. The Kier molecular flexibility index (Phi) is 5.46. The van der Waals surface area contributed by atoms with E-state index in [1.54, 1.807) is 6.07 Å². The van der Waals surface area contributed by atoms with Crippen molar-refractivity contribution in [2.24, 2.45) is 0 Å². The Morgan fingerprint density at radius 2 is 1.81 bits per heavy atom. The van der Waals surface area contributed by atoms with Gasteiger partial charge in [0.2, 0.25) is 0 Å². The lowest BCUT2D eigenvalue weighted by Gasteiger charge is -2.34. The van der Waals surface area contributed by atoms with Crippen molar-refractivity contribution in [3.63, 3.8) is 0 Å². The van der Waals surface area contributed by atoms with E-state index in [1.807, 2.05) is 39.9 Å². The number of halogens is 2. The number of benzene rings is 2. The Morgan fingerprint density at radius 1 is 1.06 bits per heavy atom. The van der Waals surface area contributed by atoms with Gasteiger partial charge in [-0.3, -0.25) is 9.69 Å². The zero-order chi connectivity index (χ0) is 21.4. The number of nitrogens with zero attached hydrogens (tertiary/aromatic N) is 5.